The molecule has 2 aromatic carbocycles. The van der Waals surface area contributed by atoms with Crippen LogP contribution in [0.3, 0.4) is 0 Å². The fourth-order valence-electron chi connectivity index (χ4n) is 3.56. The molecule has 0 bridgehead atoms. The molecule has 1 fully saturated rings. The zero-order chi connectivity index (χ0) is 22.0. The van der Waals surface area contributed by atoms with Crippen LogP contribution in [0.1, 0.15) is 18.9 Å². The number of amides is 4. The van der Waals surface area contributed by atoms with Gasteiger partial charge >= 0.3 is 6.03 Å². The van der Waals surface area contributed by atoms with Gasteiger partial charge in [-0.1, -0.05) is 25.1 Å². The second-order valence-electron chi connectivity index (χ2n) is 7.23. The number of fused-ring (bicyclic) bond motifs is 1. The number of anilines is 1. The average Bonchev–Trinajstić information content (AvgIpc) is 3.22. The van der Waals surface area contributed by atoms with Crippen molar-refractivity contribution in [2.75, 3.05) is 11.9 Å². The third kappa shape index (κ3) is 4.18. The molecule has 0 spiro atoms. The first-order valence-corrected chi connectivity index (χ1v) is 9.94. The van der Waals surface area contributed by atoms with Crippen LogP contribution in [0.2, 0.25) is 0 Å². The number of aromatic nitrogens is 1. The van der Waals surface area contributed by atoms with E-state index in [0.29, 0.717) is 24.2 Å². The van der Waals surface area contributed by atoms with Crippen molar-refractivity contribution in [1.29, 1.82) is 0 Å². The van der Waals surface area contributed by atoms with Gasteiger partial charge in [-0.25, -0.2) is 9.18 Å². The molecule has 1 aliphatic heterocycles. The molecule has 2 N–H and O–H groups in total. The van der Waals surface area contributed by atoms with Gasteiger partial charge in [0.15, 0.2) is 0 Å². The number of carbonyl (C=O) groups is 3. The Morgan fingerprint density at radius 1 is 1.13 bits per heavy atom. The fourth-order valence-corrected chi connectivity index (χ4v) is 3.56. The van der Waals surface area contributed by atoms with E-state index in [4.69, 9.17) is 0 Å². The third-order valence-electron chi connectivity index (χ3n) is 4.97. The molecular weight excluding hydrogens is 399 g/mol. The molecule has 0 saturated carbocycles. The van der Waals surface area contributed by atoms with Crippen LogP contribution in [-0.4, -0.2) is 33.9 Å². The van der Waals surface area contributed by atoms with E-state index in [1.807, 2.05) is 31.2 Å². The first-order valence-electron chi connectivity index (χ1n) is 9.94. The lowest BCUT2D eigenvalue weighted by atomic mass is 10.1. The van der Waals surface area contributed by atoms with E-state index in [9.17, 15) is 18.8 Å². The van der Waals surface area contributed by atoms with Gasteiger partial charge in [-0.15, -0.1) is 0 Å². The van der Waals surface area contributed by atoms with Gasteiger partial charge in [-0.3, -0.25) is 14.5 Å². The molecule has 8 heteroatoms. The van der Waals surface area contributed by atoms with Crippen LogP contribution in [0.5, 0.6) is 0 Å². The van der Waals surface area contributed by atoms with E-state index in [2.05, 4.69) is 10.6 Å². The van der Waals surface area contributed by atoms with Crippen LogP contribution in [0.4, 0.5) is 14.9 Å². The first-order chi connectivity index (χ1) is 15.0. The summed E-state index contributed by atoms with van der Waals surface area (Å²) in [4.78, 5) is 38.3. The maximum absolute atomic E-state index is 13.1. The summed E-state index contributed by atoms with van der Waals surface area (Å²) in [5, 5.41) is 6.20. The molecule has 1 saturated heterocycles. The smallest absolute Gasteiger partial charge is 0.329 e. The first kappa shape index (κ1) is 20.3. The Bertz CT molecular complexity index is 1200. The van der Waals surface area contributed by atoms with Gasteiger partial charge in [0.1, 0.15) is 18.1 Å². The van der Waals surface area contributed by atoms with Gasteiger partial charge in [-0.2, -0.15) is 0 Å². The summed E-state index contributed by atoms with van der Waals surface area (Å²) >= 11 is 0. The Morgan fingerprint density at radius 3 is 2.61 bits per heavy atom. The highest BCUT2D eigenvalue weighted by Crippen LogP contribution is 2.25. The molecule has 4 rings (SSSR count). The lowest BCUT2D eigenvalue weighted by molar-refractivity contribution is -0.123. The van der Waals surface area contributed by atoms with Gasteiger partial charge in [0.05, 0.1) is 0 Å². The van der Waals surface area contributed by atoms with E-state index in [-0.39, 0.29) is 29.9 Å². The zero-order valence-electron chi connectivity index (χ0n) is 16.9. The summed E-state index contributed by atoms with van der Waals surface area (Å²) in [6, 6.07) is 12.6. The van der Waals surface area contributed by atoms with Gasteiger partial charge in [-0.05, 0) is 42.8 Å². The molecule has 0 atom stereocenters. The van der Waals surface area contributed by atoms with Crippen molar-refractivity contribution in [3.05, 3.63) is 71.8 Å². The highest BCUT2D eigenvalue weighted by atomic mass is 19.1. The van der Waals surface area contributed by atoms with E-state index >= 15 is 0 Å². The summed E-state index contributed by atoms with van der Waals surface area (Å²) in [6.45, 7) is 2.28. The highest BCUT2D eigenvalue weighted by Gasteiger charge is 2.32. The van der Waals surface area contributed by atoms with Crippen LogP contribution < -0.4 is 10.6 Å². The topological polar surface area (TPSA) is 83.4 Å². The predicted octanol–water partition coefficient (Wildman–Crippen LogP) is 3.72. The van der Waals surface area contributed by atoms with Crippen molar-refractivity contribution in [1.82, 2.24) is 14.8 Å². The number of nitrogens with zero attached hydrogens (tertiary/aromatic N) is 2. The normalized spacial score (nSPS) is 15.0. The van der Waals surface area contributed by atoms with Crippen LogP contribution >= 0.6 is 0 Å². The largest absolute Gasteiger partial charge is 0.337 e. The molecule has 0 unspecified atom stereocenters. The lowest BCUT2D eigenvalue weighted by Crippen LogP contribution is -2.31. The number of para-hydroxylation sites is 1. The average molecular weight is 420 g/mol. The van der Waals surface area contributed by atoms with Gasteiger partial charge in [0.25, 0.3) is 5.91 Å². The monoisotopic (exact) mass is 420 g/mol. The SMILES string of the molecule is CCCN1C(=O)N/C(=C/c2cn(CC(=O)Nc3ccc(F)cc3)c3ccccc23)C1=O. The minimum Gasteiger partial charge on any atom is -0.337 e. The van der Waals surface area contributed by atoms with Crippen molar-refractivity contribution >= 4 is 40.5 Å². The minimum absolute atomic E-state index is 0.0311. The van der Waals surface area contributed by atoms with Crippen LogP contribution in [-0.2, 0) is 16.1 Å². The van der Waals surface area contributed by atoms with Crippen LogP contribution in [0.25, 0.3) is 17.0 Å². The fraction of sp³-hybridized carbons (Fsp3) is 0.174. The van der Waals surface area contributed by atoms with E-state index in [1.165, 1.54) is 29.2 Å². The lowest BCUT2D eigenvalue weighted by Gasteiger charge is -2.08. The Hall–Kier alpha value is -3.94. The summed E-state index contributed by atoms with van der Waals surface area (Å²) in [5.74, 6) is -1.01. The number of urea groups is 1. The molecule has 0 radical (unpaired) electrons. The molecular formula is C23H21FN4O3. The number of hydrogen-bond acceptors (Lipinski definition) is 3. The number of halogens is 1. The quantitative estimate of drug-likeness (QED) is 0.471. The van der Waals surface area contributed by atoms with E-state index < -0.39 is 6.03 Å². The van der Waals surface area contributed by atoms with Crippen molar-refractivity contribution in [3.63, 3.8) is 0 Å². The second-order valence-corrected chi connectivity index (χ2v) is 7.23. The van der Waals surface area contributed by atoms with Crippen molar-refractivity contribution in [2.24, 2.45) is 0 Å². The summed E-state index contributed by atoms with van der Waals surface area (Å²) < 4.78 is 14.8. The van der Waals surface area contributed by atoms with Gasteiger partial charge in [0.2, 0.25) is 5.91 Å². The van der Waals surface area contributed by atoms with E-state index in [1.54, 1.807) is 16.8 Å². The van der Waals surface area contributed by atoms with Gasteiger partial charge in [0, 0.05) is 34.9 Å². The zero-order valence-corrected chi connectivity index (χ0v) is 16.9. The Morgan fingerprint density at radius 2 is 1.87 bits per heavy atom. The molecule has 3 aromatic rings. The molecule has 1 aromatic heterocycles. The molecule has 158 valence electrons. The Kier molecular flexibility index (Phi) is 5.53. The van der Waals surface area contributed by atoms with Crippen LogP contribution in [0, 0.1) is 5.82 Å². The molecule has 7 nitrogen and oxygen atoms in total. The Balaban J connectivity index is 1.60. The second kappa shape index (κ2) is 8.43. The third-order valence-corrected chi connectivity index (χ3v) is 4.97. The predicted molar refractivity (Wildman–Crippen MR) is 115 cm³/mol. The number of hydrogen-bond donors (Lipinski definition) is 2. The van der Waals surface area contributed by atoms with Crippen LogP contribution in [0.15, 0.2) is 60.4 Å². The summed E-state index contributed by atoms with van der Waals surface area (Å²) in [7, 11) is 0. The molecule has 31 heavy (non-hydrogen) atoms. The number of imide groups is 1. The molecule has 4 amide bonds. The maximum Gasteiger partial charge on any atom is 0.329 e. The molecule has 1 aliphatic rings. The van der Waals surface area contributed by atoms with Crippen molar-refractivity contribution in [3.8, 4) is 0 Å². The van der Waals surface area contributed by atoms with Gasteiger partial charge < -0.3 is 15.2 Å². The number of benzene rings is 2. The number of nitrogens with one attached hydrogen (secondary N) is 2. The summed E-state index contributed by atoms with van der Waals surface area (Å²) in [5.41, 5.74) is 2.23. The maximum atomic E-state index is 13.1. The number of rotatable bonds is 6. The van der Waals surface area contributed by atoms with E-state index in [0.717, 1.165) is 10.9 Å². The standard InChI is InChI=1S/C23H21FN4O3/c1-2-11-28-22(30)19(26-23(28)31)12-15-13-27(20-6-4-3-5-18(15)20)14-21(29)25-17-9-7-16(24)8-10-17/h3-10,12-13H,2,11,14H2,1H3,(H,25,29)(H,26,31)/b19-12+. The minimum atomic E-state index is -0.430. The Labute approximate surface area is 178 Å². The highest BCUT2D eigenvalue weighted by molar-refractivity contribution is 6.14. The summed E-state index contributed by atoms with van der Waals surface area (Å²) in [6.07, 6.45) is 4.07. The van der Waals surface area contributed by atoms with Crippen molar-refractivity contribution in [2.45, 2.75) is 19.9 Å². The molecule has 0 aliphatic carbocycles. The molecule has 2 heterocycles. The number of carbonyl (C=O) groups excluding carboxylic acids is 3. The van der Waals surface area contributed by atoms with Crippen molar-refractivity contribution < 1.29 is 18.8 Å².